The van der Waals surface area contributed by atoms with Gasteiger partial charge in [-0.3, -0.25) is 34.7 Å². The van der Waals surface area contributed by atoms with Crippen LogP contribution in [0.3, 0.4) is 0 Å². The highest BCUT2D eigenvalue weighted by Crippen LogP contribution is 2.36. The van der Waals surface area contributed by atoms with Gasteiger partial charge in [-0.05, 0) is 123 Å². The summed E-state index contributed by atoms with van der Waals surface area (Å²) in [6, 6.07) is 26.8. The van der Waals surface area contributed by atoms with Crippen LogP contribution in [-0.2, 0) is 17.6 Å². The number of carbonyl (C=O) groups is 3. The Labute approximate surface area is 400 Å². The van der Waals surface area contributed by atoms with Crippen LogP contribution in [-0.4, -0.2) is 95.2 Å². The van der Waals surface area contributed by atoms with Crippen molar-refractivity contribution >= 4 is 17.8 Å². The number of nitrogens with zero attached hydrogens (tertiary/aromatic N) is 9. The van der Waals surface area contributed by atoms with E-state index in [1.807, 2.05) is 59.8 Å². The van der Waals surface area contributed by atoms with Crippen molar-refractivity contribution in [2.24, 2.45) is 10.8 Å². The average molecular weight is 947 g/mol. The van der Waals surface area contributed by atoms with Crippen LogP contribution < -0.4 is 5.32 Å². The summed E-state index contributed by atoms with van der Waals surface area (Å²) in [6.07, 6.45) is 16.6. The maximum atomic E-state index is 13.2. The van der Waals surface area contributed by atoms with Crippen LogP contribution in [0.25, 0.3) is 22.5 Å². The van der Waals surface area contributed by atoms with Crippen LogP contribution in [0, 0.1) is 33.5 Å². The average Bonchev–Trinajstić information content (AvgIpc) is 3.36. The second-order valence-electron chi connectivity index (χ2n) is 15.3. The van der Waals surface area contributed by atoms with Gasteiger partial charge in [0.25, 0.3) is 5.91 Å². The molecule has 6 aromatic rings. The monoisotopic (exact) mass is 946 g/mol. The number of carbonyl (C=O) groups excluding carboxylic acids is 1. The zero-order valence-corrected chi connectivity index (χ0v) is 35.6. The first-order chi connectivity index (χ1) is 31.8. The number of carboxylic acid groups (broad SMARTS) is 2. The number of amides is 1. The Morgan fingerprint density at radius 2 is 1.01 bits per heavy atom. The van der Waals surface area contributed by atoms with Gasteiger partial charge in [-0.15, -0.1) is 0 Å². The number of aromatic carboxylic acids is 1. The molecule has 0 radical (unpaired) electrons. The molecule has 0 unspecified atom stereocenters. The van der Waals surface area contributed by atoms with Gasteiger partial charge < -0.3 is 20.4 Å². The van der Waals surface area contributed by atoms with E-state index in [0.29, 0.717) is 49.3 Å². The molecule has 2 aliphatic heterocycles. The largest absolute Gasteiger partial charge is 0.490 e. The summed E-state index contributed by atoms with van der Waals surface area (Å²) in [5, 5.41) is 38.5. The minimum atomic E-state index is -5.08. The van der Waals surface area contributed by atoms with Gasteiger partial charge in [0.05, 0.1) is 45.5 Å². The van der Waals surface area contributed by atoms with E-state index in [1.165, 1.54) is 11.6 Å². The lowest BCUT2D eigenvalue weighted by molar-refractivity contribution is -0.192. The first-order valence-corrected chi connectivity index (χ1v) is 20.6. The van der Waals surface area contributed by atoms with Gasteiger partial charge >= 0.3 is 18.1 Å². The van der Waals surface area contributed by atoms with Gasteiger partial charge in [-0.25, -0.2) is 9.59 Å². The number of nitriles is 2. The lowest BCUT2D eigenvalue weighted by Crippen LogP contribution is -2.43. The van der Waals surface area contributed by atoms with Crippen molar-refractivity contribution in [1.82, 2.24) is 40.1 Å². The zero-order valence-electron chi connectivity index (χ0n) is 35.6. The number of pyridine rings is 6. The molecule has 18 heteroatoms. The number of likely N-dealkylation sites (tertiary alicyclic amines) is 1. The molecule has 0 atom stereocenters. The number of halogens is 3. The maximum Gasteiger partial charge on any atom is 0.490 e. The van der Waals surface area contributed by atoms with E-state index in [9.17, 15) is 33.3 Å². The lowest BCUT2D eigenvalue weighted by atomic mass is 9.75. The van der Waals surface area contributed by atoms with Crippen molar-refractivity contribution in [3.63, 3.8) is 0 Å². The summed E-state index contributed by atoms with van der Waals surface area (Å²) in [5.41, 5.74) is 5.12. The Bertz CT molecular complexity index is 2580. The van der Waals surface area contributed by atoms with Gasteiger partial charge in [0, 0.05) is 86.2 Å². The standard InChI is InChI=1S/C23H21N5O.C12H15N3.C11H8N2O2.C2HF3O2.3CH4/c24-17-23(15-18-3-1-9-26-16-18)7-13-28(14-8-23)22(29)20-4-2-10-27-21(20)19-5-11-25-12-6-19;13-10-12(3-6-14-7-4-12)8-11-2-1-5-15-9-11;14-11(15)9-2-1-5-13-10(9)8-3-6-12-7-4-8;3-2(4,5)1(6)7;;;/h1-6,9-12,16H,7-8,13-15H2;1-2,5,9,14H,3-4,6-8H2;1-7H,(H,14,15);(H,6,7);3*1H4. The molecule has 8 rings (SSSR count). The topological polar surface area (TPSA) is 232 Å². The van der Waals surface area contributed by atoms with Crippen LogP contribution in [0.2, 0.25) is 0 Å². The molecule has 2 aliphatic rings. The van der Waals surface area contributed by atoms with Crippen molar-refractivity contribution < 1.29 is 37.8 Å². The quantitative estimate of drug-likeness (QED) is 0.129. The van der Waals surface area contributed by atoms with E-state index in [-0.39, 0.29) is 39.2 Å². The minimum absolute atomic E-state index is 0. The Hall–Kier alpha value is -7.96. The number of piperidine rings is 2. The van der Waals surface area contributed by atoms with E-state index in [4.69, 9.17) is 15.0 Å². The predicted molar refractivity (Wildman–Crippen MR) is 255 cm³/mol. The molecule has 6 aromatic heterocycles. The maximum absolute atomic E-state index is 13.2. The third-order valence-electron chi connectivity index (χ3n) is 10.8. The zero-order chi connectivity index (χ0) is 47.4. The van der Waals surface area contributed by atoms with Gasteiger partial charge in [0.1, 0.15) is 0 Å². The van der Waals surface area contributed by atoms with E-state index < -0.39 is 23.5 Å². The molecule has 69 heavy (non-hydrogen) atoms. The fraction of sp³-hybridized carbons (Fsp3) is 0.314. The smallest absolute Gasteiger partial charge is 0.478 e. The molecule has 2 saturated heterocycles. The molecule has 0 spiro atoms. The van der Waals surface area contributed by atoms with Gasteiger partial charge in [-0.1, -0.05) is 34.4 Å². The molecule has 0 aromatic carbocycles. The summed E-state index contributed by atoms with van der Waals surface area (Å²) in [4.78, 5) is 59.5. The van der Waals surface area contributed by atoms with E-state index in [0.717, 1.165) is 49.0 Å². The molecule has 2 fully saturated rings. The molecule has 15 nitrogen and oxygen atoms in total. The number of aromatic nitrogens is 6. The molecule has 362 valence electrons. The predicted octanol–water partition coefficient (Wildman–Crippen LogP) is 9.43. The Balaban J connectivity index is 0.000000348. The van der Waals surface area contributed by atoms with Gasteiger partial charge in [-0.2, -0.15) is 23.7 Å². The summed E-state index contributed by atoms with van der Waals surface area (Å²) >= 11 is 0. The van der Waals surface area contributed by atoms with Crippen molar-refractivity contribution in [2.45, 2.75) is 67.0 Å². The molecule has 8 heterocycles. The molecular formula is C51H57F3N10O5. The lowest BCUT2D eigenvalue weighted by Gasteiger charge is -2.37. The number of hydrogen-bond donors (Lipinski definition) is 3. The number of rotatable bonds is 8. The fourth-order valence-electron chi connectivity index (χ4n) is 7.29. The second-order valence-corrected chi connectivity index (χ2v) is 15.3. The highest BCUT2D eigenvalue weighted by atomic mass is 19.4. The molecular weight excluding hydrogens is 890 g/mol. The van der Waals surface area contributed by atoms with E-state index in [1.54, 1.807) is 73.8 Å². The SMILES string of the molecule is C.C.C.N#CC1(Cc2cccnc2)CCN(C(=O)c2cccnc2-c2ccncc2)CC1.N#CC1(Cc2cccnc2)CCNCC1.O=C(O)C(F)(F)F.O=C(O)c1cccnc1-c1ccncc1. The number of hydrogen-bond acceptors (Lipinski definition) is 12. The summed E-state index contributed by atoms with van der Waals surface area (Å²) in [5.74, 6) is -3.78. The number of aliphatic carboxylic acids is 1. The van der Waals surface area contributed by atoms with Crippen molar-refractivity contribution in [3.8, 4) is 34.7 Å². The summed E-state index contributed by atoms with van der Waals surface area (Å²) in [6.45, 7) is 3.01. The Morgan fingerprint density at radius 3 is 1.41 bits per heavy atom. The number of alkyl halides is 3. The first-order valence-electron chi connectivity index (χ1n) is 20.6. The van der Waals surface area contributed by atoms with Crippen LogP contribution >= 0.6 is 0 Å². The number of nitrogens with one attached hydrogen (secondary N) is 1. The van der Waals surface area contributed by atoms with Gasteiger partial charge in [0.2, 0.25) is 0 Å². The minimum Gasteiger partial charge on any atom is -0.478 e. The Kier molecular flexibility index (Phi) is 22.9. The third-order valence-corrected chi connectivity index (χ3v) is 10.8. The molecule has 0 saturated carbocycles. The highest BCUT2D eigenvalue weighted by molar-refractivity contribution is 6.00. The van der Waals surface area contributed by atoms with Crippen molar-refractivity contribution in [1.29, 1.82) is 10.5 Å². The molecule has 0 aliphatic carbocycles. The molecule has 3 N–H and O–H groups in total. The first kappa shape index (κ1) is 57.2. The van der Waals surface area contributed by atoms with E-state index in [2.05, 4.69) is 47.4 Å². The fourth-order valence-corrected chi connectivity index (χ4v) is 7.29. The highest BCUT2D eigenvalue weighted by Gasteiger charge is 2.39. The third kappa shape index (κ3) is 16.7. The second kappa shape index (κ2) is 27.6. The normalized spacial score (nSPS) is 14.0. The molecule has 1 amide bonds. The van der Waals surface area contributed by atoms with Crippen LogP contribution in [0.1, 0.15) is 79.8 Å². The van der Waals surface area contributed by atoms with Crippen LogP contribution in [0.4, 0.5) is 13.2 Å². The van der Waals surface area contributed by atoms with Crippen LogP contribution in [0.15, 0.2) is 135 Å². The van der Waals surface area contributed by atoms with Crippen molar-refractivity contribution in [3.05, 3.63) is 157 Å². The van der Waals surface area contributed by atoms with Crippen LogP contribution in [0.5, 0.6) is 0 Å². The molecule has 0 bridgehead atoms. The van der Waals surface area contributed by atoms with Crippen molar-refractivity contribution in [2.75, 3.05) is 26.2 Å². The Morgan fingerprint density at radius 1 is 0.609 bits per heavy atom. The summed E-state index contributed by atoms with van der Waals surface area (Å²) < 4.78 is 31.7. The van der Waals surface area contributed by atoms with Gasteiger partial charge in [0.15, 0.2) is 0 Å². The van der Waals surface area contributed by atoms with E-state index >= 15 is 0 Å². The summed E-state index contributed by atoms with van der Waals surface area (Å²) in [7, 11) is 0. The number of carboxylic acids is 2.